The fraction of sp³-hybridized carbons (Fsp3) is 0.917. The first-order valence-corrected chi connectivity index (χ1v) is 7.80. The van der Waals surface area contributed by atoms with Gasteiger partial charge < -0.3 is 15.5 Å². The summed E-state index contributed by atoms with van der Waals surface area (Å²) in [6, 6.07) is 0.430. The van der Waals surface area contributed by atoms with Gasteiger partial charge in [0.1, 0.15) is 0 Å². The maximum Gasteiger partial charge on any atom is 0.238 e. The number of likely N-dealkylation sites (N-methyl/N-ethyl adjacent to an activating group) is 2. The van der Waals surface area contributed by atoms with Crippen LogP contribution in [0.15, 0.2) is 0 Å². The number of piperazine rings is 1. The zero-order chi connectivity index (χ0) is 13.0. The Kier molecular flexibility index (Phi) is 5.29. The van der Waals surface area contributed by atoms with Crippen molar-refractivity contribution in [2.45, 2.75) is 12.1 Å². The first-order chi connectivity index (χ1) is 8.66. The summed E-state index contributed by atoms with van der Waals surface area (Å²) >= 11 is 1.85. The standard InChI is InChI=1S/C12H24N4OS/c1-15-4-5-16(2)10(8-15)7-14-12(17)11-9-18-6-3-13-11/h10-11,13H,3-9H2,1-2H3,(H,14,17). The molecule has 2 heterocycles. The lowest BCUT2D eigenvalue weighted by molar-refractivity contribution is -0.123. The monoisotopic (exact) mass is 272 g/mol. The van der Waals surface area contributed by atoms with Gasteiger partial charge in [-0.2, -0.15) is 11.8 Å². The number of nitrogens with zero attached hydrogens (tertiary/aromatic N) is 2. The minimum absolute atomic E-state index is 0.00428. The molecule has 2 saturated heterocycles. The number of amides is 1. The van der Waals surface area contributed by atoms with E-state index in [1.807, 2.05) is 11.8 Å². The molecule has 2 unspecified atom stereocenters. The van der Waals surface area contributed by atoms with E-state index in [0.29, 0.717) is 6.04 Å². The van der Waals surface area contributed by atoms with Crippen LogP contribution in [-0.2, 0) is 4.79 Å². The lowest BCUT2D eigenvalue weighted by atomic mass is 10.2. The van der Waals surface area contributed by atoms with Gasteiger partial charge in [0.05, 0.1) is 6.04 Å². The number of hydrogen-bond donors (Lipinski definition) is 2. The van der Waals surface area contributed by atoms with Gasteiger partial charge in [0.2, 0.25) is 5.91 Å². The maximum atomic E-state index is 12.0. The second-order valence-corrected chi connectivity index (χ2v) is 6.37. The van der Waals surface area contributed by atoms with Gasteiger partial charge in [0.25, 0.3) is 0 Å². The van der Waals surface area contributed by atoms with Gasteiger partial charge in [-0.05, 0) is 14.1 Å². The zero-order valence-corrected chi connectivity index (χ0v) is 12.1. The Hall–Kier alpha value is -0.300. The van der Waals surface area contributed by atoms with Gasteiger partial charge in [-0.15, -0.1) is 0 Å². The van der Waals surface area contributed by atoms with E-state index in [0.717, 1.165) is 44.2 Å². The molecule has 104 valence electrons. The second-order valence-electron chi connectivity index (χ2n) is 5.22. The lowest BCUT2D eigenvalue weighted by Gasteiger charge is -2.38. The molecule has 1 amide bonds. The van der Waals surface area contributed by atoms with Crippen molar-refractivity contribution in [1.82, 2.24) is 20.4 Å². The van der Waals surface area contributed by atoms with E-state index < -0.39 is 0 Å². The normalized spacial score (nSPS) is 31.2. The van der Waals surface area contributed by atoms with Crippen molar-refractivity contribution < 1.29 is 4.79 Å². The van der Waals surface area contributed by atoms with Crippen molar-refractivity contribution in [2.75, 3.05) is 58.3 Å². The maximum absolute atomic E-state index is 12.0. The molecule has 6 heteroatoms. The Morgan fingerprint density at radius 3 is 3.00 bits per heavy atom. The highest BCUT2D eigenvalue weighted by molar-refractivity contribution is 7.99. The van der Waals surface area contributed by atoms with E-state index in [2.05, 4.69) is 34.5 Å². The van der Waals surface area contributed by atoms with Crippen LogP contribution in [0.2, 0.25) is 0 Å². The summed E-state index contributed by atoms with van der Waals surface area (Å²) in [5.74, 6) is 2.16. The third-order valence-electron chi connectivity index (χ3n) is 3.73. The molecule has 0 aromatic rings. The number of thioether (sulfide) groups is 1. The average Bonchev–Trinajstić information content (AvgIpc) is 2.40. The molecule has 2 rings (SSSR count). The molecular weight excluding hydrogens is 248 g/mol. The summed E-state index contributed by atoms with van der Waals surface area (Å²) < 4.78 is 0. The SMILES string of the molecule is CN1CCN(C)C(CNC(=O)C2CSCCN2)C1. The summed E-state index contributed by atoms with van der Waals surface area (Å²) in [4.78, 5) is 16.7. The fourth-order valence-corrected chi connectivity index (χ4v) is 3.33. The minimum Gasteiger partial charge on any atom is -0.353 e. The van der Waals surface area contributed by atoms with Crippen LogP contribution in [0, 0.1) is 0 Å². The Balaban J connectivity index is 1.74. The second kappa shape index (κ2) is 6.75. The minimum atomic E-state index is -0.00428. The molecule has 0 aliphatic carbocycles. The van der Waals surface area contributed by atoms with Crippen molar-refractivity contribution in [2.24, 2.45) is 0 Å². The van der Waals surface area contributed by atoms with Gasteiger partial charge >= 0.3 is 0 Å². The van der Waals surface area contributed by atoms with Gasteiger partial charge in [0, 0.05) is 50.3 Å². The molecule has 0 spiro atoms. The van der Waals surface area contributed by atoms with Crippen LogP contribution in [-0.4, -0.2) is 86.1 Å². The first kappa shape index (κ1) is 14.1. The van der Waals surface area contributed by atoms with E-state index in [4.69, 9.17) is 0 Å². The highest BCUT2D eigenvalue weighted by Crippen LogP contribution is 2.08. The smallest absolute Gasteiger partial charge is 0.238 e. The molecule has 2 aliphatic rings. The van der Waals surface area contributed by atoms with Gasteiger partial charge in [-0.3, -0.25) is 9.69 Å². The van der Waals surface area contributed by atoms with Crippen molar-refractivity contribution in [3.05, 3.63) is 0 Å². The van der Waals surface area contributed by atoms with E-state index in [9.17, 15) is 4.79 Å². The summed E-state index contributed by atoms with van der Waals surface area (Å²) in [6.45, 7) is 4.91. The molecule has 2 N–H and O–H groups in total. The van der Waals surface area contributed by atoms with Gasteiger partial charge in [0.15, 0.2) is 0 Å². The third kappa shape index (κ3) is 3.85. The number of carbonyl (C=O) groups is 1. The zero-order valence-electron chi connectivity index (χ0n) is 11.3. The molecule has 5 nitrogen and oxygen atoms in total. The van der Waals surface area contributed by atoms with Crippen LogP contribution < -0.4 is 10.6 Å². The number of nitrogens with one attached hydrogen (secondary N) is 2. The number of rotatable bonds is 3. The molecule has 2 aliphatic heterocycles. The van der Waals surface area contributed by atoms with Crippen molar-refractivity contribution >= 4 is 17.7 Å². The van der Waals surface area contributed by atoms with Crippen LogP contribution in [0.5, 0.6) is 0 Å². The van der Waals surface area contributed by atoms with E-state index >= 15 is 0 Å². The Labute approximate surface area is 114 Å². The Morgan fingerprint density at radius 2 is 2.28 bits per heavy atom. The highest BCUT2D eigenvalue weighted by atomic mass is 32.2. The summed E-state index contributed by atoms with van der Waals surface area (Å²) in [7, 11) is 4.28. The molecule has 18 heavy (non-hydrogen) atoms. The molecule has 0 radical (unpaired) electrons. The van der Waals surface area contributed by atoms with E-state index in [1.165, 1.54) is 0 Å². The van der Waals surface area contributed by atoms with Crippen LogP contribution in [0.1, 0.15) is 0 Å². The van der Waals surface area contributed by atoms with Crippen molar-refractivity contribution in [3.63, 3.8) is 0 Å². The summed E-state index contributed by atoms with van der Waals surface area (Å²) in [5.41, 5.74) is 0. The highest BCUT2D eigenvalue weighted by Gasteiger charge is 2.25. The Morgan fingerprint density at radius 1 is 1.44 bits per heavy atom. The van der Waals surface area contributed by atoms with Crippen LogP contribution in [0.4, 0.5) is 0 Å². The molecule has 2 fully saturated rings. The third-order valence-corrected chi connectivity index (χ3v) is 4.79. The predicted octanol–water partition coefficient (Wildman–Crippen LogP) is -0.947. The quantitative estimate of drug-likeness (QED) is 0.694. The van der Waals surface area contributed by atoms with E-state index in [1.54, 1.807) is 0 Å². The fourth-order valence-electron chi connectivity index (χ4n) is 2.40. The summed E-state index contributed by atoms with van der Waals surface area (Å²) in [6.07, 6.45) is 0. The van der Waals surface area contributed by atoms with Gasteiger partial charge in [-0.25, -0.2) is 0 Å². The molecule has 0 aromatic carbocycles. The van der Waals surface area contributed by atoms with E-state index in [-0.39, 0.29) is 11.9 Å². The summed E-state index contributed by atoms with van der Waals surface area (Å²) in [5, 5.41) is 6.36. The first-order valence-electron chi connectivity index (χ1n) is 6.64. The average molecular weight is 272 g/mol. The topological polar surface area (TPSA) is 47.6 Å². The van der Waals surface area contributed by atoms with Crippen molar-refractivity contribution in [3.8, 4) is 0 Å². The number of carbonyl (C=O) groups excluding carboxylic acids is 1. The molecular formula is C12H24N4OS. The molecule has 2 atom stereocenters. The number of hydrogen-bond acceptors (Lipinski definition) is 5. The van der Waals surface area contributed by atoms with Crippen LogP contribution in [0.3, 0.4) is 0 Å². The van der Waals surface area contributed by atoms with Crippen molar-refractivity contribution in [1.29, 1.82) is 0 Å². The predicted molar refractivity (Wildman–Crippen MR) is 76.0 cm³/mol. The van der Waals surface area contributed by atoms with Crippen LogP contribution >= 0.6 is 11.8 Å². The largest absolute Gasteiger partial charge is 0.353 e. The molecule has 0 saturated carbocycles. The lowest BCUT2D eigenvalue weighted by Crippen LogP contribution is -2.56. The van der Waals surface area contributed by atoms with Crippen LogP contribution in [0.25, 0.3) is 0 Å². The molecule has 0 bridgehead atoms. The molecule has 0 aromatic heterocycles. The Bertz CT molecular complexity index is 283. The van der Waals surface area contributed by atoms with Gasteiger partial charge in [-0.1, -0.05) is 0 Å².